The van der Waals surface area contributed by atoms with Gasteiger partial charge in [-0.05, 0) is 32.1 Å². The van der Waals surface area contributed by atoms with Crippen LogP contribution in [0.5, 0.6) is 0 Å². The molecular weight excluding hydrogens is 300 g/mol. The zero-order valence-electron chi connectivity index (χ0n) is 12.8. The van der Waals surface area contributed by atoms with Crippen LogP contribution in [0.25, 0.3) is 17.0 Å². The number of rotatable bonds is 5. The number of ether oxygens (including phenoxy) is 2. The molecule has 0 aliphatic rings. The normalized spacial score (nSPS) is 10.2. The van der Waals surface area contributed by atoms with Crippen molar-refractivity contribution in [3.05, 3.63) is 51.9 Å². The third-order valence-electron chi connectivity index (χ3n) is 3.00. The van der Waals surface area contributed by atoms with Gasteiger partial charge >= 0.3 is 11.9 Å². The summed E-state index contributed by atoms with van der Waals surface area (Å²) in [6, 6.07) is 6.70. The molecule has 0 bridgehead atoms. The van der Waals surface area contributed by atoms with Gasteiger partial charge in [-0.2, -0.15) is 0 Å². The van der Waals surface area contributed by atoms with E-state index in [0.29, 0.717) is 11.0 Å². The Morgan fingerprint density at radius 1 is 1.09 bits per heavy atom. The van der Waals surface area contributed by atoms with E-state index >= 15 is 0 Å². The fourth-order valence-electron chi connectivity index (χ4n) is 1.97. The van der Waals surface area contributed by atoms with Gasteiger partial charge in [-0.3, -0.25) is 4.79 Å². The van der Waals surface area contributed by atoms with Crippen molar-refractivity contribution in [2.24, 2.45) is 0 Å². The molecule has 0 saturated heterocycles. The van der Waals surface area contributed by atoms with Gasteiger partial charge in [-0.25, -0.2) is 9.59 Å². The Bertz CT molecular complexity index is 795. The molecule has 0 N–H and O–H groups in total. The molecule has 0 radical (unpaired) electrons. The third kappa shape index (κ3) is 3.66. The Balaban J connectivity index is 2.54. The SMILES string of the molecule is CCOC(=O)C(=Cc1coc2ccccc2c1=O)C(=O)OCC. The monoisotopic (exact) mass is 316 g/mol. The lowest BCUT2D eigenvalue weighted by Gasteiger charge is -2.06. The van der Waals surface area contributed by atoms with Crippen molar-refractivity contribution in [2.45, 2.75) is 13.8 Å². The van der Waals surface area contributed by atoms with E-state index in [0.717, 1.165) is 6.08 Å². The van der Waals surface area contributed by atoms with Gasteiger partial charge < -0.3 is 13.9 Å². The molecule has 0 aliphatic heterocycles. The van der Waals surface area contributed by atoms with E-state index in [1.54, 1.807) is 38.1 Å². The average Bonchev–Trinajstić information content (AvgIpc) is 2.55. The number of fused-ring (bicyclic) bond motifs is 1. The molecule has 23 heavy (non-hydrogen) atoms. The molecule has 1 aromatic heterocycles. The molecule has 2 aromatic rings. The van der Waals surface area contributed by atoms with Crippen LogP contribution in [0.15, 0.2) is 45.3 Å². The van der Waals surface area contributed by atoms with Gasteiger partial charge in [0.1, 0.15) is 17.4 Å². The average molecular weight is 316 g/mol. The maximum atomic E-state index is 12.4. The standard InChI is InChI=1S/C17H16O6/c1-3-21-16(19)13(17(20)22-4-2)9-11-10-23-14-8-6-5-7-12(14)15(11)18/h5-10H,3-4H2,1-2H3. The van der Waals surface area contributed by atoms with Crippen LogP contribution in [-0.2, 0) is 19.1 Å². The summed E-state index contributed by atoms with van der Waals surface area (Å²) in [5.41, 5.74) is -0.211. The van der Waals surface area contributed by atoms with Crippen molar-refractivity contribution in [1.29, 1.82) is 0 Å². The lowest BCUT2D eigenvalue weighted by molar-refractivity contribution is -0.146. The maximum absolute atomic E-state index is 12.4. The first-order valence-electron chi connectivity index (χ1n) is 7.15. The molecule has 2 rings (SSSR count). The first kappa shape index (κ1) is 16.5. The molecule has 6 nitrogen and oxygen atoms in total. The smallest absolute Gasteiger partial charge is 0.345 e. The predicted octanol–water partition coefficient (Wildman–Crippen LogP) is 2.30. The zero-order chi connectivity index (χ0) is 16.8. The van der Waals surface area contributed by atoms with Gasteiger partial charge in [0.25, 0.3) is 0 Å². The highest BCUT2D eigenvalue weighted by atomic mass is 16.6. The Kier molecular flexibility index (Phi) is 5.30. The van der Waals surface area contributed by atoms with Crippen LogP contribution >= 0.6 is 0 Å². The second-order valence-electron chi connectivity index (χ2n) is 4.52. The minimum Gasteiger partial charge on any atom is -0.463 e. The zero-order valence-corrected chi connectivity index (χ0v) is 12.8. The summed E-state index contributed by atoms with van der Waals surface area (Å²) in [5, 5.41) is 0.355. The van der Waals surface area contributed by atoms with E-state index in [2.05, 4.69) is 0 Å². The van der Waals surface area contributed by atoms with Gasteiger partial charge in [0.15, 0.2) is 5.43 Å². The summed E-state index contributed by atoms with van der Waals surface area (Å²) in [7, 11) is 0. The Morgan fingerprint density at radius 3 is 2.30 bits per heavy atom. The number of carbonyl (C=O) groups excluding carboxylic acids is 2. The molecule has 120 valence electrons. The number of hydrogen-bond acceptors (Lipinski definition) is 6. The molecule has 0 spiro atoms. The molecule has 1 aromatic carbocycles. The van der Waals surface area contributed by atoms with Crippen LogP contribution in [0.1, 0.15) is 19.4 Å². The summed E-state index contributed by atoms with van der Waals surface area (Å²) >= 11 is 0. The highest BCUT2D eigenvalue weighted by Crippen LogP contribution is 2.14. The summed E-state index contributed by atoms with van der Waals surface area (Å²) < 4.78 is 15.0. The lowest BCUT2D eigenvalue weighted by atomic mass is 10.1. The van der Waals surface area contributed by atoms with Crippen LogP contribution in [0.2, 0.25) is 0 Å². The summed E-state index contributed by atoms with van der Waals surface area (Å²) in [6.07, 6.45) is 2.33. The van der Waals surface area contributed by atoms with Gasteiger partial charge in [-0.1, -0.05) is 12.1 Å². The van der Waals surface area contributed by atoms with Gasteiger partial charge in [0, 0.05) is 0 Å². The minimum absolute atomic E-state index is 0.0693. The quantitative estimate of drug-likeness (QED) is 0.364. The van der Waals surface area contributed by atoms with Crippen LogP contribution in [-0.4, -0.2) is 25.2 Å². The maximum Gasteiger partial charge on any atom is 0.345 e. The number of esters is 2. The second kappa shape index (κ2) is 7.40. The minimum atomic E-state index is -0.849. The van der Waals surface area contributed by atoms with Crippen molar-refractivity contribution < 1.29 is 23.5 Å². The Hall–Kier alpha value is -2.89. The van der Waals surface area contributed by atoms with Crippen LogP contribution in [0.4, 0.5) is 0 Å². The topological polar surface area (TPSA) is 82.8 Å². The second-order valence-corrected chi connectivity index (χ2v) is 4.52. The van der Waals surface area contributed by atoms with E-state index < -0.39 is 11.9 Å². The van der Waals surface area contributed by atoms with Gasteiger partial charge in [-0.15, -0.1) is 0 Å². The van der Waals surface area contributed by atoms with Gasteiger partial charge in [0.2, 0.25) is 0 Å². The van der Waals surface area contributed by atoms with Gasteiger partial charge in [0.05, 0.1) is 24.2 Å². The number of hydrogen-bond donors (Lipinski definition) is 0. The largest absolute Gasteiger partial charge is 0.463 e. The van der Waals surface area contributed by atoms with Crippen LogP contribution in [0.3, 0.4) is 0 Å². The molecule has 0 fully saturated rings. The first-order valence-corrected chi connectivity index (χ1v) is 7.15. The third-order valence-corrected chi connectivity index (χ3v) is 3.00. The van der Waals surface area contributed by atoms with Crippen molar-refractivity contribution in [3.63, 3.8) is 0 Å². The van der Waals surface area contributed by atoms with E-state index in [1.165, 1.54) is 6.26 Å². The Morgan fingerprint density at radius 2 is 1.70 bits per heavy atom. The lowest BCUT2D eigenvalue weighted by Crippen LogP contribution is -2.19. The summed E-state index contributed by atoms with van der Waals surface area (Å²) in [6.45, 7) is 3.43. The predicted molar refractivity (Wildman–Crippen MR) is 83.7 cm³/mol. The van der Waals surface area contributed by atoms with Crippen molar-refractivity contribution in [1.82, 2.24) is 0 Å². The van der Waals surface area contributed by atoms with E-state index in [-0.39, 0.29) is 29.8 Å². The van der Waals surface area contributed by atoms with Crippen LogP contribution < -0.4 is 5.43 Å². The molecular formula is C17H16O6. The molecule has 1 heterocycles. The van der Waals surface area contributed by atoms with Crippen molar-refractivity contribution in [3.8, 4) is 0 Å². The molecule has 0 unspecified atom stereocenters. The fourth-order valence-corrected chi connectivity index (χ4v) is 1.97. The first-order chi connectivity index (χ1) is 11.1. The summed E-state index contributed by atoms with van der Waals surface area (Å²) in [5.74, 6) is -1.70. The van der Waals surface area contributed by atoms with E-state index in [9.17, 15) is 14.4 Å². The molecule has 0 amide bonds. The molecule has 0 atom stereocenters. The Labute approximate surface area is 132 Å². The number of carbonyl (C=O) groups is 2. The summed E-state index contributed by atoms with van der Waals surface area (Å²) in [4.78, 5) is 36.2. The number of para-hydroxylation sites is 1. The molecule has 0 saturated carbocycles. The molecule has 6 heteroatoms. The van der Waals surface area contributed by atoms with E-state index in [4.69, 9.17) is 13.9 Å². The highest BCUT2D eigenvalue weighted by Gasteiger charge is 2.22. The molecule has 0 aliphatic carbocycles. The van der Waals surface area contributed by atoms with Crippen molar-refractivity contribution >= 4 is 29.0 Å². The van der Waals surface area contributed by atoms with Crippen molar-refractivity contribution in [2.75, 3.05) is 13.2 Å². The van der Waals surface area contributed by atoms with Crippen LogP contribution in [0, 0.1) is 0 Å². The highest BCUT2D eigenvalue weighted by molar-refractivity contribution is 6.17. The van der Waals surface area contributed by atoms with E-state index in [1.807, 2.05) is 0 Å². The fraction of sp³-hybridized carbons (Fsp3) is 0.235. The number of benzene rings is 1.